The number of rotatable bonds is 25. The number of hydrogen-bond donors (Lipinski definition) is 3. The number of halogens is 1. The number of carbonyl (C=O) groups is 3. The molecule has 0 saturated heterocycles. The van der Waals surface area contributed by atoms with E-state index >= 15 is 0 Å². The molecule has 0 aliphatic carbocycles. The van der Waals surface area contributed by atoms with Gasteiger partial charge in [-0.2, -0.15) is 5.10 Å². The van der Waals surface area contributed by atoms with E-state index in [2.05, 4.69) is 22.1 Å². The summed E-state index contributed by atoms with van der Waals surface area (Å²) in [6.07, 6.45) is 19.0. The Morgan fingerprint density at radius 1 is 0.810 bits per heavy atom. The number of ketones is 1. The molecule has 2 heterocycles. The van der Waals surface area contributed by atoms with Crippen molar-refractivity contribution in [3.8, 4) is 0 Å². The standard InChI is InChI=1S/C45H56ClN5O6S/c1-3-4-5-6-7-8-9-10-11-12-13-14-15-21-28-48-58(56,57)36-26-27-38(46)39(29-36)49-44(53)42(51-32-35(30-47-51)45(54)55)43(52)41-33(2)50(31-34-22-17-16-18-23-34)40-25-20-19-24-37(40)41/h16-20,22-27,29-30,32,42,48H,3-15,21,28,31H2,1-2H3,(H,49,53)(H,54,55). The van der Waals surface area contributed by atoms with E-state index in [1.165, 1.54) is 82.4 Å². The number of aromatic nitrogens is 3. The molecule has 3 N–H and O–H groups in total. The van der Waals surface area contributed by atoms with E-state index in [9.17, 15) is 27.9 Å². The SMILES string of the molecule is CCCCCCCCCCCCCCCCNS(=O)(=O)c1ccc(Cl)c(NC(=O)C(C(=O)c2c(C)n(Cc3ccccc3)c3ccccc23)n2cc(C(=O)O)cn2)c1. The summed E-state index contributed by atoms with van der Waals surface area (Å²) in [6.45, 7) is 4.77. The number of nitrogens with one attached hydrogen (secondary N) is 2. The molecule has 1 atom stereocenters. The highest BCUT2D eigenvalue weighted by Crippen LogP contribution is 2.32. The topological polar surface area (TPSA) is 152 Å². The van der Waals surface area contributed by atoms with Crippen molar-refractivity contribution in [2.24, 2.45) is 0 Å². The van der Waals surface area contributed by atoms with Crippen LogP contribution in [0.2, 0.25) is 5.02 Å². The van der Waals surface area contributed by atoms with Gasteiger partial charge in [-0.15, -0.1) is 0 Å². The fourth-order valence-electron chi connectivity index (χ4n) is 7.38. The number of hydrogen-bond acceptors (Lipinski definition) is 6. The van der Waals surface area contributed by atoms with Crippen LogP contribution in [-0.4, -0.2) is 52.1 Å². The van der Waals surface area contributed by atoms with Gasteiger partial charge in [0.05, 0.1) is 27.4 Å². The van der Waals surface area contributed by atoms with Gasteiger partial charge in [-0.1, -0.05) is 151 Å². The van der Waals surface area contributed by atoms with Gasteiger partial charge >= 0.3 is 5.97 Å². The highest BCUT2D eigenvalue weighted by atomic mass is 35.5. The molecule has 0 aliphatic heterocycles. The minimum Gasteiger partial charge on any atom is -0.478 e. The van der Waals surface area contributed by atoms with Gasteiger partial charge in [0.1, 0.15) is 0 Å². The van der Waals surface area contributed by atoms with Crippen LogP contribution in [0, 0.1) is 6.92 Å². The lowest BCUT2D eigenvalue weighted by atomic mass is 10.00. The Balaban J connectivity index is 1.24. The zero-order chi connectivity index (χ0) is 41.5. The number of amides is 1. The Bertz CT molecular complexity index is 2250. The Morgan fingerprint density at radius 2 is 1.41 bits per heavy atom. The van der Waals surface area contributed by atoms with E-state index in [1.807, 2.05) is 47.0 Å². The largest absolute Gasteiger partial charge is 0.478 e. The van der Waals surface area contributed by atoms with Crippen molar-refractivity contribution in [2.75, 3.05) is 11.9 Å². The zero-order valence-corrected chi connectivity index (χ0v) is 35.2. The summed E-state index contributed by atoms with van der Waals surface area (Å²) in [6, 6.07) is 19.4. The maximum Gasteiger partial charge on any atom is 0.338 e. The maximum absolute atomic E-state index is 14.7. The number of carboxylic acids is 1. The van der Waals surface area contributed by atoms with Gasteiger partial charge in [0, 0.05) is 41.4 Å². The van der Waals surface area contributed by atoms with Crippen LogP contribution in [0.4, 0.5) is 5.69 Å². The van der Waals surface area contributed by atoms with E-state index in [-0.39, 0.29) is 33.3 Å². The number of aromatic carboxylic acids is 1. The quantitative estimate of drug-likeness (QED) is 0.0301. The predicted octanol–water partition coefficient (Wildman–Crippen LogP) is 10.4. The Morgan fingerprint density at radius 3 is 2.03 bits per heavy atom. The molecule has 5 aromatic rings. The van der Waals surface area contributed by atoms with Crippen LogP contribution in [0.1, 0.15) is 135 Å². The van der Waals surface area contributed by atoms with Crippen molar-refractivity contribution in [3.05, 3.63) is 113 Å². The van der Waals surface area contributed by atoms with Crippen LogP contribution in [0.5, 0.6) is 0 Å². The number of unbranched alkanes of at least 4 members (excludes halogenated alkanes) is 13. The molecule has 0 spiro atoms. The molecule has 310 valence electrons. The second-order valence-corrected chi connectivity index (χ2v) is 17.1. The summed E-state index contributed by atoms with van der Waals surface area (Å²) in [5.41, 5.74) is 2.42. The van der Waals surface area contributed by atoms with Crippen molar-refractivity contribution in [1.82, 2.24) is 19.1 Å². The molecule has 1 unspecified atom stereocenters. The first-order chi connectivity index (χ1) is 28.0. The molecule has 0 saturated carbocycles. The summed E-state index contributed by atoms with van der Waals surface area (Å²) in [5.74, 6) is -2.79. The summed E-state index contributed by atoms with van der Waals surface area (Å²) in [4.78, 5) is 40.6. The zero-order valence-electron chi connectivity index (χ0n) is 33.6. The number of Topliss-reactive ketones (excluding diaryl/α,β-unsaturated/α-hetero) is 1. The molecule has 3 aromatic carbocycles. The van der Waals surface area contributed by atoms with Crippen LogP contribution < -0.4 is 10.0 Å². The van der Waals surface area contributed by atoms with Gasteiger partial charge in [0.15, 0.2) is 11.8 Å². The van der Waals surface area contributed by atoms with Crippen LogP contribution in [-0.2, 0) is 21.4 Å². The lowest BCUT2D eigenvalue weighted by Crippen LogP contribution is -2.33. The average Bonchev–Trinajstić information content (AvgIpc) is 3.80. The van der Waals surface area contributed by atoms with Crippen molar-refractivity contribution >= 4 is 55.9 Å². The molecule has 0 aliphatic rings. The van der Waals surface area contributed by atoms with E-state index in [0.29, 0.717) is 24.0 Å². The monoisotopic (exact) mass is 829 g/mol. The molecule has 1 amide bonds. The third-order valence-corrected chi connectivity index (χ3v) is 12.4. The molecular weight excluding hydrogens is 774 g/mol. The number of carbonyl (C=O) groups excluding carboxylic acids is 2. The first-order valence-corrected chi connectivity index (χ1v) is 22.4. The number of para-hydroxylation sites is 1. The number of carboxylic acid groups (broad SMARTS) is 1. The molecular formula is C45H56ClN5O6S. The third-order valence-electron chi connectivity index (χ3n) is 10.6. The highest BCUT2D eigenvalue weighted by molar-refractivity contribution is 7.89. The van der Waals surface area contributed by atoms with Crippen LogP contribution >= 0.6 is 11.6 Å². The molecule has 58 heavy (non-hydrogen) atoms. The smallest absolute Gasteiger partial charge is 0.338 e. The van der Waals surface area contributed by atoms with Crippen molar-refractivity contribution in [3.63, 3.8) is 0 Å². The lowest BCUT2D eigenvalue weighted by molar-refractivity contribution is -0.118. The van der Waals surface area contributed by atoms with Gasteiger partial charge in [-0.25, -0.2) is 17.9 Å². The molecule has 5 rings (SSSR count). The number of fused-ring (bicyclic) bond motifs is 1. The number of benzene rings is 3. The Labute approximate surface area is 347 Å². The first-order valence-electron chi connectivity index (χ1n) is 20.5. The third kappa shape index (κ3) is 11.9. The number of sulfonamides is 1. The van der Waals surface area contributed by atoms with Gasteiger partial charge < -0.3 is 15.0 Å². The normalized spacial score (nSPS) is 12.2. The van der Waals surface area contributed by atoms with E-state index in [1.54, 1.807) is 19.1 Å². The Kier molecular flexibility index (Phi) is 16.7. The summed E-state index contributed by atoms with van der Waals surface area (Å²) < 4.78 is 32.3. The summed E-state index contributed by atoms with van der Waals surface area (Å²) >= 11 is 6.49. The summed E-state index contributed by atoms with van der Waals surface area (Å²) in [7, 11) is -3.96. The van der Waals surface area contributed by atoms with Gasteiger partial charge in [-0.3, -0.25) is 14.3 Å². The number of anilines is 1. The van der Waals surface area contributed by atoms with Crippen molar-refractivity contribution < 1.29 is 27.9 Å². The molecule has 0 bridgehead atoms. The fraction of sp³-hybridized carbons (Fsp3) is 0.422. The average molecular weight is 830 g/mol. The molecule has 13 heteroatoms. The van der Waals surface area contributed by atoms with Crippen LogP contribution in [0.25, 0.3) is 10.9 Å². The van der Waals surface area contributed by atoms with Crippen molar-refractivity contribution in [2.45, 2.75) is 121 Å². The maximum atomic E-state index is 14.7. The molecule has 0 fully saturated rings. The van der Waals surface area contributed by atoms with E-state index < -0.39 is 33.7 Å². The van der Waals surface area contributed by atoms with E-state index in [4.69, 9.17) is 11.6 Å². The minimum atomic E-state index is -3.96. The lowest BCUT2D eigenvalue weighted by Gasteiger charge is -2.18. The fourth-order valence-corrected chi connectivity index (χ4v) is 8.64. The number of nitrogens with zero attached hydrogens (tertiary/aromatic N) is 3. The molecule has 2 aromatic heterocycles. The second kappa shape index (κ2) is 21.8. The van der Waals surface area contributed by atoms with Gasteiger partial charge in [0.25, 0.3) is 5.91 Å². The van der Waals surface area contributed by atoms with Crippen molar-refractivity contribution in [1.29, 1.82) is 0 Å². The predicted molar refractivity (Wildman–Crippen MR) is 230 cm³/mol. The second-order valence-electron chi connectivity index (χ2n) is 15.0. The van der Waals surface area contributed by atoms with E-state index in [0.717, 1.165) is 47.4 Å². The van der Waals surface area contributed by atoms with Gasteiger partial charge in [0.2, 0.25) is 10.0 Å². The summed E-state index contributed by atoms with van der Waals surface area (Å²) in [5, 5.41) is 17.1. The molecule has 11 nitrogen and oxygen atoms in total. The highest BCUT2D eigenvalue weighted by Gasteiger charge is 2.35. The molecule has 0 radical (unpaired) electrons. The Hall–Kier alpha value is -4.78. The van der Waals surface area contributed by atoms with Crippen LogP contribution in [0.3, 0.4) is 0 Å². The first kappa shape index (κ1) is 44.3. The van der Waals surface area contributed by atoms with Crippen LogP contribution in [0.15, 0.2) is 90.1 Å². The minimum absolute atomic E-state index is 0.0299. The van der Waals surface area contributed by atoms with Gasteiger partial charge in [-0.05, 0) is 43.2 Å².